The fourth-order valence-electron chi connectivity index (χ4n) is 10.2. The molecule has 0 radical (unpaired) electrons. The third-order valence-electron chi connectivity index (χ3n) is 13.1. The van der Waals surface area contributed by atoms with E-state index >= 15 is 0 Å². The third-order valence-corrected chi connectivity index (χ3v) is 17.7. The second-order valence-corrected chi connectivity index (χ2v) is 29.8. The smallest absolute Gasteiger partial charge is 0.122 e. The molecule has 5 heteroatoms. The summed E-state index contributed by atoms with van der Waals surface area (Å²) < 4.78 is 0. The number of benzene rings is 9. The predicted octanol–water partition coefficient (Wildman–Crippen LogP) is 14.4. The summed E-state index contributed by atoms with van der Waals surface area (Å²) in [4.78, 5) is 0. The monoisotopic (exact) mass is 1020 g/mol. The van der Waals surface area contributed by atoms with Crippen LogP contribution in [0.5, 0.6) is 0 Å². The minimum Gasteiger partial charge on any atom is -0.214 e. The second-order valence-electron chi connectivity index (χ2n) is 18.2. The van der Waals surface area contributed by atoms with Gasteiger partial charge in [-0.05, 0) is 105 Å². The van der Waals surface area contributed by atoms with Crippen LogP contribution in [0.3, 0.4) is 0 Å². The van der Waals surface area contributed by atoms with Gasteiger partial charge < -0.3 is 0 Å². The maximum atomic E-state index is 4.97. The van der Waals surface area contributed by atoms with Gasteiger partial charge in [0.25, 0.3) is 0 Å². The Morgan fingerprint density at radius 1 is 0.257 bits per heavy atom. The van der Waals surface area contributed by atoms with Gasteiger partial charge in [0.1, 0.15) is 8.07 Å². The predicted molar refractivity (Wildman–Crippen MR) is 299 cm³/mol. The van der Waals surface area contributed by atoms with Gasteiger partial charge in [-0.3, -0.25) is 0 Å². The van der Waals surface area contributed by atoms with Crippen molar-refractivity contribution in [3.63, 3.8) is 0 Å². The van der Waals surface area contributed by atoms with Crippen LogP contribution < -0.4 is 20.7 Å². The fraction of sp³-hybridized carbons (Fsp3) is 0.0923. The summed E-state index contributed by atoms with van der Waals surface area (Å²) in [6.07, 6.45) is 5.18. The second kappa shape index (κ2) is 24.3. The number of halogens is 3. The van der Waals surface area contributed by atoms with E-state index in [2.05, 4.69) is 261 Å². The topological polar surface area (TPSA) is 0 Å². The van der Waals surface area contributed by atoms with Crippen LogP contribution in [0.1, 0.15) is 66.8 Å². The molecule has 0 amide bonds. The maximum Gasteiger partial charge on any atom is 0.122 e. The molecule has 0 aliphatic heterocycles. The van der Waals surface area contributed by atoms with Gasteiger partial charge in [0.15, 0.2) is 0 Å². The van der Waals surface area contributed by atoms with Crippen molar-refractivity contribution in [3.8, 4) is 0 Å². The molecule has 10 aromatic carbocycles. The van der Waals surface area contributed by atoms with Gasteiger partial charge in [0, 0.05) is 0 Å². The van der Waals surface area contributed by atoms with Crippen molar-refractivity contribution in [3.05, 3.63) is 328 Å². The Labute approximate surface area is 434 Å². The molecule has 0 aliphatic rings. The average molecular weight is 1020 g/mol. The Bertz CT molecular complexity index is 2670. The molecule has 0 spiro atoms. The number of hydrogen-bond acceptors (Lipinski definition) is 0. The van der Waals surface area contributed by atoms with Crippen LogP contribution in [0.4, 0.5) is 0 Å². The molecule has 344 valence electrons. The molecular weight excluding hydrogens is 963 g/mol. The van der Waals surface area contributed by atoms with E-state index in [1.54, 1.807) is 0 Å². The summed E-state index contributed by atoms with van der Waals surface area (Å²) in [6.45, 7) is 0. The molecule has 0 saturated heterocycles. The van der Waals surface area contributed by atoms with E-state index in [1.165, 1.54) is 87.5 Å². The molecule has 0 nitrogen and oxygen atoms in total. The van der Waals surface area contributed by atoms with Gasteiger partial charge in [-0.2, -0.15) is 12.1 Å². The Balaban J connectivity index is 0.00000147. The van der Waals surface area contributed by atoms with Crippen molar-refractivity contribution in [2.75, 3.05) is 0 Å². The van der Waals surface area contributed by atoms with Crippen LogP contribution in [0.2, 0.25) is 0 Å². The van der Waals surface area contributed by atoms with Gasteiger partial charge in [0.2, 0.25) is 0 Å². The molecule has 0 unspecified atom stereocenters. The molecule has 0 saturated carbocycles. The Morgan fingerprint density at radius 2 is 0.443 bits per heavy atom. The SMILES string of the molecule is [Cl][Ti+]([Cl])[Cl].c1ccc(Cc2cc(Cc3ccccc3)cc([Si](c3cc(Cc4ccccc4)cc(Cc4ccccc4)c3)(c3cc(Cc4ccccc4)cc(Cc4ccccc4)c3)[c-]3cccc3)c2)cc1. The van der Waals surface area contributed by atoms with E-state index in [1.807, 2.05) is 0 Å². The summed E-state index contributed by atoms with van der Waals surface area (Å²) in [5.41, 5.74) is 16.0. The van der Waals surface area contributed by atoms with Crippen LogP contribution in [0.25, 0.3) is 0 Å². The minimum atomic E-state index is -3.14. The summed E-state index contributed by atoms with van der Waals surface area (Å²) in [5, 5.41) is 5.70. The zero-order valence-corrected chi connectivity index (χ0v) is 44.0. The first-order chi connectivity index (χ1) is 34.3. The van der Waals surface area contributed by atoms with Gasteiger partial charge in [-0.25, -0.2) is 12.1 Å². The van der Waals surface area contributed by atoms with E-state index in [-0.39, 0.29) is 0 Å². The molecule has 0 fully saturated rings. The standard InChI is InChI=1S/C65H55Si.3ClH.Ti/c1-7-21-50(22-8-1)35-56-41-57(36-51-23-9-2-10-24-51)45-63(44-56)66(62-33-19-20-34-62,64-46-58(37-52-25-11-3-12-26-52)42-59(47-64)38-53-27-13-4-14-28-53)65-48-60(39-54-29-15-5-16-30-54)43-61(49-65)40-55-31-17-6-18-32-55;;;;/h1-34,41-49H,35-40H2;3*1H;/q-1;;;;+4/p-3. The third kappa shape index (κ3) is 13.1. The molecular formula is C65H55Cl3SiTi. The number of hydrogen-bond donors (Lipinski definition) is 0. The molecule has 0 atom stereocenters. The average Bonchev–Trinajstić information content (AvgIpc) is 3.91. The largest absolute Gasteiger partial charge is 0.214 e. The Kier molecular flexibility index (Phi) is 17.1. The van der Waals surface area contributed by atoms with Crippen molar-refractivity contribution in [2.45, 2.75) is 38.5 Å². The Morgan fingerprint density at radius 3 is 0.629 bits per heavy atom. The van der Waals surface area contributed by atoms with Crippen molar-refractivity contribution in [1.29, 1.82) is 0 Å². The Hall–Kier alpha value is -5.87. The van der Waals surface area contributed by atoms with Crippen molar-refractivity contribution >= 4 is 56.7 Å². The zero-order valence-electron chi connectivity index (χ0n) is 39.2. The van der Waals surface area contributed by atoms with Gasteiger partial charge >= 0.3 is 42.6 Å². The summed E-state index contributed by atoms with van der Waals surface area (Å²) in [7, 11) is 11.8. The van der Waals surface area contributed by atoms with Crippen molar-refractivity contribution in [2.24, 2.45) is 0 Å². The summed E-state index contributed by atoms with van der Waals surface area (Å²) in [5.74, 6) is 0. The normalized spacial score (nSPS) is 11.1. The maximum absolute atomic E-state index is 4.97. The van der Waals surface area contributed by atoms with Crippen LogP contribution in [-0.2, 0) is 53.2 Å². The molecule has 0 bridgehead atoms. The molecule has 10 aromatic rings. The van der Waals surface area contributed by atoms with Gasteiger partial charge in [-0.15, -0.1) is 5.19 Å². The molecule has 0 heterocycles. The van der Waals surface area contributed by atoms with Gasteiger partial charge in [-0.1, -0.05) is 252 Å². The quantitative estimate of drug-likeness (QED) is 0.0514. The molecule has 10 rings (SSSR count). The van der Waals surface area contributed by atoms with E-state index < -0.39 is 22.8 Å². The zero-order chi connectivity index (χ0) is 48.0. The number of rotatable bonds is 16. The fourth-order valence-corrected chi connectivity index (χ4v) is 15.3. The van der Waals surface area contributed by atoms with E-state index in [9.17, 15) is 0 Å². The first kappa shape index (κ1) is 49.1. The van der Waals surface area contributed by atoms with E-state index in [0.717, 1.165) is 38.5 Å². The first-order valence-corrected chi connectivity index (χ1v) is 32.5. The van der Waals surface area contributed by atoms with Crippen LogP contribution >= 0.6 is 27.9 Å². The van der Waals surface area contributed by atoms with Gasteiger partial charge in [0.05, 0.1) is 0 Å². The summed E-state index contributed by atoms with van der Waals surface area (Å²) in [6, 6.07) is 98.6. The molecule has 0 aromatic heterocycles. The van der Waals surface area contributed by atoms with E-state index in [4.69, 9.17) is 27.9 Å². The van der Waals surface area contributed by atoms with Crippen LogP contribution in [-0.4, -0.2) is 8.07 Å². The molecule has 0 aliphatic carbocycles. The molecule has 70 heavy (non-hydrogen) atoms. The van der Waals surface area contributed by atoms with Crippen molar-refractivity contribution < 1.29 is 14.7 Å². The first-order valence-electron chi connectivity index (χ1n) is 24.0. The molecule has 0 N–H and O–H groups in total. The van der Waals surface area contributed by atoms with Crippen LogP contribution in [0.15, 0.2) is 261 Å². The minimum absolute atomic E-state index is 0.864. The van der Waals surface area contributed by atoms with E-state index in [0.29, 0.717) is 0 Å². The van der Waals surface area contributed by atoms with Crippen LogP contribution in [0, 0.1) is 0 Å². The summed E-state index contributed by atoms with van der Waals surface area (Å²) >= 11 is -1.92. The van der Waals surface area contributed by atoms with Crippen molar-refractivity contribution in [1.82, 2.24) is 0 Å².